The van der Waals surface area contributed by atoms with Gasteiger partial charge >= 0.3 is 0 Å². The Morgan fingerprint density at radius 3 is 2.27 bits per heavy atom. The molecule has 0 saturated carbocycles. The summed E-state index contributed by atoms with van der Waals surface area (Å²) in [6, 6.07) is 3.16. The predicted molar refractivity (Wildman–Crippen MR) is 87.9 cm³/mol. The molecular formula is C16H23BN2O3. The van der Waals surface area contributed by atoms with Gasteiger partial charge in [-0.2, -0.15) is 0 Å². The third-order valence-corrected chi connectivity index (χ3v) is 3.28. The number of rotatable bonds is 6. The number of benzene rings is 1. The van der Waals surface area contributed by atoms with Crippen LogP contribution in [0, 0.1) is 19.8 Å². The zero-order chi connectivity index (χ0) is 16.9. The van der Waals surface area contributed by atoms with Crippen molar-refractivity contribution in [2.45, 2.75) is 46.8 Å². The van der Waals surface area contributed by atoms with E-state index in [4.69, 9.17) is 18.3 Å². The van der Waals surface area contributed by atoms with Crippen molar-refractivity contribution in [1.82, 2.24) is 0 Å². The predicted octanol–water partition coefficient (Wildman–Crippen LogP) is 2.42. The maximum atomic E-state index is 12.1. The van der Waals surface area contributed by atoms with Crippen LogP contribution in [0.5, 0.6) is 0 Å². The second kappa shape index (κ2) is 7.99. The molecule has 1 aromatic carbocycles. The molecule has 0 aromatic heterocycles. The average molecular weight is 302 g/mol. The second-order valence-electron chi connectivity index (χ2n) is 5.94. The maximum Gasteiger partial charge on any atom is 0.241 e. The van der Waals surface area contributed by atoms with Crippen LogP contribution in [-0.2, 0) is 16.1 Å². The molecule has 6 heteroatoms. The van der Waals surface area contributed by atoms with Gasteiger partial charge in [-0.05, 0) is 42.9 Å². The Morgan fingerprint density at radius 1 is 1.27 bits per heavy atom. The molecule has 1 aromatic rings. The molecule has 0 aliphatic heterocycles. The molecule has 0 saturated heterocycles. The van der Waals surface area contributed by atoms with Gasteiger partial charge in [0.1, 0.15) is 6.61 Å². The first-order valence-electron chi connectivity index (χ1n) is 7.29. The van der Waals surface area contributed by atoms with E-state index in [0.717, 1.165) is 22.4 Å². The summed E-state index contributed by atoms with van der Waals surface area (Å²) >= 11 is 0. The zero-order valence-corrected chi connectivity index (χ0v) is 13.6. The number of anilines is 1. The SMILES string of the molecule is [B]C(=O)OCc1cc(C)c(NC(=O)C(N)CC(C)C)c(C)c1. The van der Waals surface area contributed by atoms with E-state index < -0.39 is 11.9 Å². The Hall–Kier alpha value is -1.82. The Balaban J connectivity index is 2.83. The molecule has 5 nitrogen and oxygen atoms in total. The minimum absolute atomic E-state index is 0.109. The molecule has 0 heterocycles. The third kappa shape index (κ3) is 5.52. The van der Waals surface area contributed by atoms with Crippen LogP contribution >= 0.6 is 0 Å². The van der Waals surface area contributed by atoms with Crippen molar-refractivity contribution >= 4 is 25.3 Å². The van der Waals surface area contributed by atoms with E-state index in [1.54, 1.807) is 0 Å². The van der Waals surface area contributed by atoms with Crippen molar-refractivity contribution in [3.8, 4) is 0 Å². The van der Waals surface area contributed by atoms with Crippen molar-refractivity contribution in [3.05, 3.63) is 28.8 Å². The van der Waals surface area contributed by atoms with Crippen LogP contribution in [-0.4, -0.2) is 25.7 Å². The Morgan fingerprint density at radius 2 is 1.82 bits per heavy atom. The maximum absolute atomic E-state index is 12.1. The standard InChI is InChI=1S/C16H23BN2O3/c1-9(2)5-13(18)15(20)19-14-10(3)6-12(7-11(14)4)8-22-16(17)21/h6-7,9,13H,5,8,18H2,1-4H3,(H,19,20). The van der Waals surface area contributed by atoms with Gasteiger partial charge in [0.25, 0.3) is 0 Å². The molecule has 118 valence electrons. The molecule has 0 bridgehead atoms. The van der Waals surface area contributed by atoms with Gasteiger partial charge in [0, 0.05) is 5.69 Å². The van der Waals surface area contributed by atoms with Crippen LogP contribution < -0.4 is 11.1 Å². The Kier molecular flexibility index (Phi) is 6.62. The number of amides is 1. The van der Waals surface area contributed by atoms with Gasteiger partial charge in [0.2, 0.25) is 19.6 Å². The fraction of sp³-hybridized carbons (Fsp3) is 0.500. The molecule has 1 atom stereocenters. The first-order valence-corrected chi connectivity index (χ1v) is 7.29. The molecule has 1 unspecified atom stereocenters. The Bertz CT molecular complexity index is 535. The minimum Gasteiger partial charge on any atom is -0.470 e. The molecule has 3 N–H and O–H groups in total. The molecule has 0 fully saturated rings. The summed E-state index contributed by atoms with van der Waals surface area (Å²) in [4.78, 5) is 22.8. The summed E-state index contributed by atoms with van der Waals surface area (Å²) in [7, 11) is 4.95. The largest absolute Gasteiger partial charge is 0.470 e. The van der Waals surface area contributed by atoms with E-state index in [0.29, 0.717) is 12.3 Å². The van der Waals surface area contributed by atoms with Crippen LogP contribution in [0.2, 0.25) is 0 Å². The normalized spacial score (nSPS) is 12.1. The summed E-state index contributed by atoms with van der Waals surface area (Å²) in [5, 5.41) is 2.88. The van der Waals surface area contributed by atoms with Gasteiger partial charge in [-0.3, -0.25) is 9.59 Å². The van der Waals surface area contributed by atoms with Gasteiger partial charge < -0.3 is 15.8 Å². The number of carbonyl (C=O) groups is 2. The van der Waals surface area contributed by atoms with E-state index in [1.165, 1.54) is 0 Å². The number of carbonyl (C=O) groups excluding carboxylic acids is 2. The van der Waals surface area contributed by atoms with Gasteiger partial charge in [-0.25, -0.2) is 0 Å². The first-order chi connectivity index (χ1) is 10.2. The molecule has 0 aliphatic rings. The lowest BCUT2D eigenvalue weighted by Crippen LogP contribution is -2.37. The van der Waals surface area contributed by atoms with Gasteiger partial charge in [0.15, 0.2) is 0 Å². The van der Waals surface area contributed by atoms with Crippen LogP contribution in [0.25, 0.3) is 0 Å². The highest BCUT2D eigenvalue weighted by molar-refractivity contribution is 6.55. The molecular weight excluding hydrogens is 279 g/mol. The lowest BCUT2D eigenvalue weighted by atomic mass is 10.0. The molecule has 1 rings (SSSR count). The molecule has 0 aliphatic carbocycles. The van der Waals surface area contributed by atoms with Crippen molar-refractivity contribution < 1.29 is 14.3 Å². The summed E-state index contributed by atoms with van der Waals surface area (Å²) in [6.45, 7) is 7.92. The summed E-state index contributed by atoms with van der Waals surface area (Å²) in [6.07, 6.45) is 0.633. The van der Waals surface area contributed by atoms with Crippen molar-refractivity contribution in [2.24, 2.45) is 11.7 Å². The van der Waals surface area contributed by atoms with Crippen LogP contribution in [0.3, 0.4) is 0 Å². The number of aryl methyl sites for hydroxylation is 2. The van der Waals surface area contributed by atoms with E-state index in [2.05, 4.69) is 5.32 Å². The van der Waals surface area contributed by atoms with Crippen LogP contribution in [0.1, 0.15) is 37.0 Å². The first kappa shape index (κ1) is 18.2. The fourth-order valence-corrected chi connectivity index (χ4v) is 2.32. The molecule has 1 amide bonds. The molecule has 22 heavy (non-hydrogen) atoms. The van der Waals surface area contributed by atoms with E-state index >= 15 is 0 Å². The average Bonchev–Trinajstić information content (AvgIpc) is 2.39. The van der Waals surface area contributed by atoms with E-state index in [1.807, 2.05) is 39.8 Å². The summed E-state index contributed by atoms with van der Waals surface area (Å²) < 4.78 is 4.77. The number of ether oxygens (including phenoxy) is 1. The summed E-state index contributed by atoms with van der Waals surface area (Å²) in [5.74, 6) is -0.648. The van der Waals surface area contributed by atoms with Gasteiger partial charge in [0.05, 0.1) is 6.04 Å². The van der Waals surface area contributed by atoms with Crippen LogP contribution in [0.4, 0.5) is 10.5 Å². The molecule has 2 radical (unpaired) electrons. The zero-order valence-electron chi connectivity index (χ0n) is 13.6. The highest BCUT2D eigenvalue weighted by atomic mass is 16.5. The van der Waals surface area contributed by atoms with Crippen LogP contribution in [0.15, 0.2) is 12.1 Å². The lowest BCUT2D eigenvalue weighted by molar-refractivity contribution is -0.117. The van der Waals surface area contributed by atoms with Crippen molar-refractivity contribution in [1.29, 1.82) is 0 Å². The highest BCUT2D eigenvalue weighted by Crippen LogP contribution is 2.23. The smallest absolute Gasteiger partial charge is 0.241 e. The topological polar surface area (TPSA) is 81.4 Å². The number of nitrogens with two attached hydrogens (primary N) is 1. The minimum atomic E-state index is -0.813. The van der Waals surface area contributed by atoms with Gasteiger partial charge in [-0.15, -0.1) is 0 Å². The van der Waals surface area contributed by atoms with Crippen molar-refractivity contribution in [2.75, 3.05) is 5.32 Å². The third-order valence-electron chi connectivity index (χ3n) is 3.28. The highest BCUT2D eigenvalue weighted by Gasteiger charge is 2.17. The van der Waals surface area contributed by atoms with Gasteiger partial charge in [-0.1, -0.05) is 26.0 Å². The lowest BCUT2D eigenvalue weighted by Gasteiger charge is -2.18. The Labute approximate surface area is 133 Å². The number of nitrogens with one attached hydrogen (secondary N) is 1. The molecule has 0 spiro atoms. The monoisotopic (exact) mass is 302 g/mol. The fourth-order valence-electron chi connectivity index (χ4n) is 2.32. The second-order valence-corrected chi connectivity index (χ2v) is 5.94. The quantitative estimate of drug-likeness (QED) is 0.791. The van der Waals surface area contributed by atoms with Crippen molar-refractivity contribution in [3.63, 3.8) is 0 Å². The summed E-state index contributed by atoms with van der Waals surface area (Å²) in [5.41, 5.74) is 9.22. The number of hydrogen-bond acceptors (Lipinski definition) is 4. The van der Waals surface area contributed by atoms with E-state index in [9.17, 15) is 9.59 Å². The number of hydrogen-bond donors (Lipinski definition) is 2. The van der Waals surface area contributed by atoms with E-state index in [-0.39, 0.29) is 12.5 Å².